The largest absolute Gasteiger partial charge is 0.494 e. The summed E-state index contributed by atoms with van der Waals surface area (Å²) in [6, 6.07) is 24.1. The molecule has 3 rings (SSSR count). The van der Waals surface area contributed by atoms with Gasteiger partial charge in [0.05, 0.1) is 6.61 Å². The molecule has 0 heterocycles. The van der Waals surface area contributed by atoms with E-state index in [2.05, 4.69) is 17.8 Å². The van der Waals surface area contributed by atoms with E-state index in [1.165, 1.54) is 19.3 Å². The lowest BCUT2D eigenvalue weighted by atomic mass is 10.1. The molecule has 34 heavy (non-hydrogen) atoms. The fraction of sp³-hybridized carbons (Fsp3) is 0.286. The molecule has 0 aliphatic heterocycles. The minimum Gasteiger partial charge on any atom is -0.494 e. The molecule has 0 aromatic heterocycles. The minimum atomic E-state index is -0.459. The van der Waals surface area contributed by atoms with Gasteiger partial charge in [-0.05, 0) is 42.3 Å². The molecule has 0 spiro atoms. The van der Waals surface area contributed by atoms with Crippen LogP contribution in [0.1, 0.15) is 49.4 Å². The van der Waals surface area contributed by atoms with Crippen LogP contribution in [-0.2, 0) is 4.79 Å². The molecule has 0 unspecified atom stereocenters. The molecule has 3 aromatic carbocycles. The number of nitrogens with one attached hydrogen (secondary N) is 2. The van der Waals surface area contributed by atoms with Gasteiger partial charge in [-0.15, -0.1) is 0 Å². The van der Waals surface area contributed by atoms with Gasteiger partial charge in [-0.1, -0.05) is 81.1 Å². The van der Waals surface area contributed by atoms with E-state index in [1.807, 2.05) is 54.6 Å². The lowest BCUT2D eigenvalue weighted by Crippen LogP contribution is -2.43. The molecule has 0 radical (unpaired) electrons. The predicted octanol–water partition coefficient (Wildman–Crippen LogP) is 5.54. The first kappa shape index (κ1) is 24.8. The topological polar surface area (TPSA) is 76.7 Å². The van der Waals surface area contributed by atoms with E-state index in [9.17, 15) is 9.59 Å². The summed E-state index contributed by atoms with van der Waals surface area (Å²) >= 11 is 0. The van der Waals surface area contributed by atoms with E-state index >= 15 is 0 Å². The van der Waals surface area contributed by atoms with E-state index in [0.717, 1.165) is 29.7 Å². The van der Waals surface area contributed by atoms with Crippen LogP contribution in [0.4, 0.5) is 0 Å². The van der Waals surface area contributed by atoms with Crippen LogP contribution in [0.15, 0.2) is 78.9 Å². The van der Waals surface area contributed by atoms with Gasteiger partial charge >= 0.3 is 0 Å². The molecule has 0 fully saturated rings. The van der Waals surface area contributed by atoms with Crippen molar-refractivity contribution in [2.24, 2.45) is 0 Å². The number of para-hydroxylation sites is 1. The van der Waals surface area contributed by atoms with Gasteiger partial charge in [0.15, 0.2) is 6.61 Å². The van der Waals surface area contributed by atoms with Crippen molar-refractivity contribution in [2.75, 3.05) is 13.2 Å². The van der Waals surface area contributed by atoms with Crippen LogP contribution in [0, 0.1) is 0 Å². The number of benzene rings is 3. The van der Waals surface area contributed by atoms with Gasteiger partial charge in [-0.3, -0.25) is 20.4 Å². The van der Waals surface area contributed by atoms with Crippen molar-refractivity contribution in [1.29, 1.82) is 0 Å². The average Bonchev–Trinajstić information content (AvgIpc) is 2.89. The summed E-state index contributed by atoms with van der Waals surface area (Å²) in [4.78, 5) is 24.5. The fourth-order valence-electron chi connectivity index (χ4n) is 3.42. The summed E-state index contributed by atoms with van der Waals surface area (Å²) < 4.78 is 11.4. The molecule has 2 N–H and O–H groups in total. The zero-order valence-corrected chi connectivity index (χ0v) is 19.6. The second kappa shape index (κ2) is 13.7. The maximum Gasteiger partial charge on any atom is 0.276 e. The lowest BCUT2D eigenvalue weighted by molar-refractivity contribution is -0.123. The van der Waals surface area contributed by atoms with Gasteiger partial charge in [-0.25, -0.2) is 0 Å². The summed E-state index contributed by atoms with van der Waals surface area (Å²) in [6.45, 7) is 2.63. The predicted molar refractivity (Wildman–Crippen MR) is 134 cm³/mol. The molecule has 178 valence electrons. The Morgan fingerprint density at radius 2 is 1.44 bits per heavy atom. The van der Waals surface area contributed by atoms with E-state index < -0.39 is 11.8 Å². The van der Waals surface area contributed by atoms with Crippen LogP contribution in [0.5, 0.6) is 11.5 Å². The zero-order valence-electron chi connectivity index (χ0n) is 19.6. The summed E-state index contributed by atoms with van der Waals surface area (Å²) in [5.74, 6) is 0.445. The average molecular weight is 461 g/mol. The number of amides is 2. The van der Waals surface area contributed by atoms with Crippen molar-refractivity contribution >= 4 is 11.8 Å². The Kier molecular flexibility index (Phi) is 9.99. The monoisotopic (exact) mass is 460 g/mol. The molecular formula is C28H32N2O4. The second-order valence-electron chi connectivity index (χ2n) is 7.94. The van der Waals surface area contributed by atoms with Crippen molar-refractivity contribution in [3.63, 3.8) is 0 Å². The number of unbranched alkanes of at least 4 members (excludes halogenated alkanes) is 4. The van der Waals surface area contributed by atoms with Crippen LogP contribution in [0.3, 0.4) is 0 Å². The normalized spacial score (nSPS) is 10.4. The van der Waals surface area contributed by atoms with E-state index in [-0.39, 0.29) is 6.61 Å². The van der Waals surface area contributed by atoms with Crippen molar-refractivity contribution in [3.05, 3.63) is 84.4 Å². The van der Waals surface area contributed by atoms with Crippen LogP contribution in [0.2, 0.25) is 0 Å². The number of carbonyl (C=O) groups excluding carboxylic acids is 2. The molecule has 3 aromatic rings. The maximum atomic E-state index is 12.3. The maximum absolute atomic E-state index is 12.3. The molecule has 6 nitrogen and oxygen atoms in total. The second-order valence-corrected chi connectivity index (χ2v) is 7.94. The van der Waals surface area contributed by atoms with E-state index in [0.29, 0.717) is 17.9 Å². The fourth-order valence-corrected chi connectivity index (χ4v) is 3.42. The number of ether oxygens (including phenoxy) is 2. The van der Waals surface area contributed by atoms with Crippen molar-refractivity contribution in [1.82, 2.24) is 10.9 Å². The Morgan fingerprint density at radius 3 is 2.21 bits per heavy atom. The number of carbonyl (C=O) groups is 2. The summed E-state index contributed by atoms with van der Waals surface area (Å²) in [7, 11) is 0. The third kappa shape index (κ3) is 7.96. The first-order valence-electron chi connectivity index (χ1n) is 11.8. The smallest absolute Gasteiger partial charge is 0.276 e. The van der Waals surface area contributed by atoms with Gasteiger partial charge in [-0.2, -0.15) is 0 Å². The van der Waals surface area contributed by atoms with Gasteiger partial charge in [0, 0.05) is 11.1 Å². The third-order valence-electron chi connectivity index (χ3n) is 5.28. The highest BCUT2D eigenvalue weighted by Gasteiger charge is 2.10. The van der Waals surface area contributed by atoms with Crippen molar-refractivity contribution < 1.29 is 19.1 Å². The number of hydrogen-bond acceptors (Lipinski definition) is 4. The van der Waals surface area contributed by atoms with E-state index in [1.54, 1.807) is 24.3 Å². The van der Waals surface area contributed by atoms with Crippen molar-refractivity contribution in [2.45, 2.75) is 39.0 Å². The first-order valence-corrected chi connectivity index (χ1v) is 11.8. The summed E-state index contributed by atoms with van der Waals surface area (Å²) in [5, 5.41) is 0. The van der Waals surface area contributed by atoms with Gasteiger partial charge in [0.25, 0.3) is 11.8 Å². The quantitative estimate of drug-likeness (QED) is 0.275. The summed E-state index contributed by atoms with van der Waals surface area (Å²) in [5.41, 5.74) is 7.11. The molecule has 0 bridgehead atoms. The molecule has 0 atom stereocenters. The van der Waals surface area contributed by atoms with E-state index in [4.69, 9.17) is 9.47 Å². The number of hydrazine groups is 1. The van der Waals surface area contributed by atoms with Gasteiger partial charge in [0.2, 0.25) is 0 Å². The van der Waals surface area contributed by atoms with Crippen LogP contribution >= 0.6 is 0 Å². The third-order valence-corrected chi connectivity index (χ3v) is 5.28. The van der Waals surface area contributed by atoms with Gasteiger partial charge < -0.3 is 9.47 Å². The Hall–Kier alpha value is -3.80. The van der Waals surface area contributed by atoms with Crippen molar-refractivity contribution in [3.8, 4) is 22.6 Å². The zero-order chi connectivity index (χ0) is 24.0. The number of rotatable bonds is 12. The molecule has 6 heteroatoms. The first-order chi connectivity index (χ1) is 16.7. The molecule has 0 saturated heterocycles. The Bertz CT molecular complexity index is 1040. The van der Waals surface area contributed by atoms with Gasteiger partial charge in [0.1, 0.15) is 11.5 Å². The lowest BCUT2D eigenvalue weighted by Gasteiger charge is -2.12. The summed E-state index contributed by atoms with van der Waals surface area (Å²) in [6.07, 6.45) is 5.89. The Labute approximate surface area is 201 Å². The molecule has 0 aliphatic rings. The SMILES string of the molecule is CCCCCCCOc1ccc(C(=O)NNC(=O)COc2ccccc2-c2ccccc2)cc1. The molecule has 2 amide bonds. The molecule has 0 aliphatic carbocycles. The minimum absolute atomic E-state index is 0.227. The van der Waals surface area contributed by atoms with Crippen LogP contribution < -0.4 is 20.3 Å². The highest BCUT2D eigenvalue weighted by molar-refractivity contribution is 5.95. The molecular weight excluding hydrogens is 428 g/mol. The standard InChI is InChI=1S/C28H32N2O4/c1-2-3-4-5-11-20-33-24-18-16-23(17-19-24)28(32)30-29-27(31)21-34-26-15-10-9-14-25(26)22-12-7-6-8-13-22/h6-10,12-19H,2-5,11,20-21H2,1H3,(H,29,31)(H,30,32). The van der Waals surface area contributed by atoms with Crippen LogP contribution in [-0.4, -0.2) is 25.0 Å². The Morgan fingerprint density at radius 1 is 0.735 bits per heavy atom. The van der Waals surface area contributed by atoms with Crippen LogP contribution in [0.25, 0.3) is 11.1 Å². The highest BCUT2D eigenvalue weighted by atomic mass is 16.5. The molecule has 0 saturated carbocycles. The highest BCUT2D eigenvalue weighted by Crippen LogP contribution is 2.29. The number of hydrogen-bond donors (Lipinski definition) is 2. The Balaban J connectivity index is 1.41.